The molecule has 0 N–H and O–H groups in total. The van der Waals surface area contributed by atoms with Crippen molar-refractivity contribution in [3.8, 4) is 16.9 Å². The molecule has 4 rings (SSSR count). The second-order valence-electron chi connectivity index (χ2n) is 7.25. The average Bonchev–Trinajstić information content (AvgIpc) is 2.82. The van der Waals surface area contributed by atoms with Gasteiger partial charge in [-0.05, 0) is 35.9 Å². The first-order valence-corrected chi connectivity index (χ1v) is 10.3. The van der Waals surface area contributed by atoms with Crippen LogP contribution in [0.2, 0.25) is 5.02 Å². The van der Waals surface area contributed by atoms with E-state index in [9.17, 15) is 22.8 Å². The van der Waals surface area contributed by atoms with Crippen molar-refractivity contribution in [1.82, 2.24) is 0 Å². The van der Waals surface area contributed by atoms with Crippen molar-refractivity contribution in [2.45, 2.75) is 12.8 Å². The quantitative estimate of drug-likeness (QED) is 0.300. The van der Waals surface area contributed by atoms with Gasteiger partial charge in [0, 0.05) is 16.7 Å². The zero-order valence-corrected chi connectivity index (χ0v) is 18.4. The van der Waals surface area contributed by atoms with E-state index in [1.807, 2.05) is 0 Å². The number of alkyl halides is 3. The maximum Gasteiger partial charge on any atom is 0.450 e. The SMILES string of the molecule is COC(=O)c1ccc(COc2ccc3c(=O)c(-c4ccccc4Cl)c(C(F)(F)F)oc3c2)cc1. The maximum atomic E-state index is 13.8. The molecule has 0 bridgehead atoms. The van der Waals surface area contributed by atoms with E-state index in [4.69, 9.17) is 20.8 Å². The minimum atomic E-state index is -4.93. The third-order valence-electron chi connectivity index (χ3n) is 5.05. The van der Waals surface area contributed by atoms with E-state index in [0.29, 0.717) is 11.1 Å². The fraction of sp³-hybridized carbons (Fsp3) is 0.120. The highest BCUT2D eigenvalue weighted by Crippen LogP contribution is 2.39. The summed E-state index contributed by atoms with van der Waals surface area (Å²) < 4.78 is 56.9. The zero-order valence-electron chi connectivity index (χ0n) is 17.6. The molecule has 0 fully saturated rings. The molecule has 1 aromatic heterocycles. The Balaban J connectivity index is 1.70. The van der Waals surface area contributed by atoms with Crippen molar-refractivity contribution >= 4 is 28.5 Å². The molecule has 1 heterocycles. The second-order valence-corrected chi connectivity index (χ2v) is 7.66. The first kappa shape index (κ1) is 23.4. The van der Waals surface area contributed by atoms with Crippen molar-refractivity contribution < 1.29 is 31.9 Å². The summed E-state index contributed by atoms with van der Waals surface area (Å²) in [6.07, 6.45) is -4.93. The van der Waals surface area contributed by atoms with Crippen molar-refractivity contribution in [3.05, 3.63) is 98.9 Å². The van der Waals surface area contributed by atoms with Gasteiger partial charge < -0.3 is 13.9 Å². The molecule has 34 heavy (non-hydrogen) atoms. The number of benzene rings is 3. The summed E-state index contributed by atoms with van der Waals surface area (Å²) >= 11 is 6.07. The predicted molar refractivity (Wildman–Crippen MR) is 120 cm³/mol. The Morgan fingerprint density at radius 3 is 2.38 bits per heavy atom. The van der Waals surface area contributed by atoms with Crippen molar-refractivity contribution in [3.63, 3.8) is 0 Å². The molecule has 9 heteroatoms. The van der Waals surface area contributed by atoms with Crippen LogP contribution in [0.3, 0.4) is 0 Å². The second kappa shape index (κ2) is 9.23. The highest BCUT2D eigenvalue weighted by Gasteiger charge is 2.39. The van der Waals surface area contributed by atoms with Crippen LogP contribution in [-0.4, -0.2) is 13.1 Å². The molecule has 0 aliphatic heterocycles. The van der Waals surface area contributed by atoms with E-state index < -0.39 is 28.9 Å². The fourth-order valence-corrected chi connectivity index (χ4v) is 3.62. The van der Waals surface area contributed by atoms with Crippen molar-refractivity contribution in [2.24, 2.45) is 0 Å². The molecule has 0 saturated heterocycles. The van der Waals surface area contributed by atoms with Gasteiger partial charge in [-0.15, -0.1) is 0 Å². The van der Waals surface area contributed by atoms with Gasteiger partial charge in [-0.1, -0.05) is 41.9 Å². The minimum absolute atomic E-state index is 0.00202. The number of carbonyl (C=O) groups is 1. The molecule has 5 nitrogen and oxygen atoms in total. The highest BCUT2D eigenvalue weighted by atomic mass is 35.5. The highest BCUT2D eigenvalue weighted by molar-refractivity contribution is 6.33. The molecule has 0 atom stereocenters. The molecular weight excluding hydrogens is 473 g/mol. The Labute approximate surface area is 196 Å². The van der Waals surface area contributed by atoms with Crippen LogP contribution in [0.1, 0.15) is 21.7 Å². The van der Waals surface area contributed by atoms with Gasteiger partial charge in [0.2, 0.25) is 11.2 Å². The Bertz CT molecular complexity index is 1430. The van der Waals surface area contributed by atoms with E-state index in [0.717, 1.165) is 0 Å². The number of carbonyl (C=O) groups excluding carboxylic acids is 1. The number of esters is 1. The molecule has 174 valence electrons. The van der Waals surface area contributed by atoms with Crippen LogP contribution in [-0.2, 0) is 17.5 Å². The number of methoxy groups -OCH3 is 1. The number of ether oxygens (including phenoxy) is 2. The van der Waals surface area contributed by atoms with Gasteiger partial charge in [0.1, 0.15) is 17.9 Å². The largest absolute Gasteiger partial charge is 0.489 e. The van der Waals surface area contributed by atoms with Gasteiger partial charge in [-0.25, -0.2) is 4.79 Å². The number of halogens is 4. The van der Waals surface area contributed by atoms with Crippen LogP contribution in [0.25, 0.3) is 22.1 Å². The third-order valence-corrected chi connectivity index (χ3v) is 5.37. The lowest BCUT2D eigenvalue weighted by Gasteiger charge is -2.14. The van der Waals surface area contributed by atoms with Crippen LogP contribution in [0, 0.1) is 0 Å². The molecular formula is C25H16ClF3O5. The molecule has 0 aliphatic rings. The first-order valence-electron chi connectivity index (χ1n) is 9.92. The molecule has 0 aliphatic carbocycles. The molecule has 0 saturated carbocycles. The summed E-state index contributed by atoms with van der Waals surface area (Å²) in [7, 11) is 1.28. The molecule has 0 unspecified atom stereocenters. The number of fused-ring (bicyclic) bond motifs is 1. The van der Waals surface area contributed by atoms with Crippen molar-refractivity contribution in [2.75, 3.05) is 7.11 Å². The summed E-state index contributed by atoms with van der Waals surface area (Å²) in [6.45, 7) is 0.0705. The van der Waals surface area contributed by atoms with E-state index in [-0.39, 0.29) is 33.9 Å². The summed E-state index contributed by atoms with van der Waals surface area (Å²) in [6, 6.07) is 16.2. The number of hydrogen-bond acceptors (Lipinski definition) is 5. The Morgan fingerprint density at radius 2 is 1.74 bits per heavy atom. The third kappa shape index (κ3) is 4.63. The summed E-state index contributed by atoms with van der Waals surface area (Å²) in [4.78, 5) is 24.6. The summed E-state index contributed by atoms with van der Waals surface area (Å²) in [5.74, 6) is -1.71. The van der Waals surface area contributed by atoms with E-state index in [1.165, 1.54) is 43.5 Å². The van der Waals surface area contributed by atoms with E-state index >= 15 is 0 Å². The Hall–Kier alpha value is -3.78. The van der Waals surface area contributed by atoms with Gasteiger partial charge in [-0.3, -0.25) is 4.79 Å². The monoisotopic (exact) mass is 488 g/mol. The number of hydrogen-bond donors (Lipinski definition) is 0. The van der Waals surface area contributed by atoms with Gasteiger partial charge >= 0.3 is 12.1 Å². The van der Waals surface area contributed by atoms with Gasteiger partial charge in [0.25, 0.3) is 0 Å². The lowest BCUT2D eigenvalue weighted by molar-refractivity contribution is -0.152. The number of rotatable bonds is 5. The lowest BCUT2D eigenvalue weighted by Crippen LogP contribution is -2.16. The molecule has 3 aromatic carbocycles. The Morgan fingerprint density at radius 1 is 1.03 bits per heavy atom. The molecule has 0 amide bonds. The fourth-order valence-electron chi connectivity index (χ4n) is 3.39. The smallest absolute Gasteiger partial charge is 0.450 e. The predicted octanol–water partition coefficient (Wildman–Crippen LogP) is 6.50. The topological polar surface area (TPSA) is 65.7 Å². The van der Waals surface area contributed by atoms with Gasteiger partial charge in [0.05, 0.1) is 23.6 Å². The average molecular weight is 489 g/mol. The van der Waals surface area contributed by atoms with Crippen LogP contribution in [0.4, 0.5) is 13.2 Å². The van der Waals surface area contributed by atoms with Crippen LogP contribution in [0.15, 0.2) is 75.9 Å². The maximum absolute atomic E-state index is 13.8. The molecule has 0 radical (unpaired) electrons. The normalized spacial score (nSPS) is 11.4. The molecule has 4 aromatic rings. The van der Waals surface area contributed by atoms with Crippen molar-refractivity contribution in [1.29, 1.82) is 0 Å². The van der Waals surface area contributed by atoms with E-state index in [2.05, 4.69) is 4.74 Å². The minimum Gasteiger partial charge on any atom is -0.489 e. The van der Waals surface area contributed by atoms with Gasteiger partial charge in [-0.2, -0.15) is 13.2 Å². The zero-order chi connectivity index (χ0) is 24.5. The van der Waals surface area contributed by atoms with Crippen LogP contribution < -0.4 is 10.2 Å². The Kier molecular flexibility index (Phi) is 6.34. The standard InChI is InChI=1S/C25H16ClF3O5/c1-32-24(31)15-8-6-14(7-9-15)13-33-16-10-11-18-20(12-16)34-23(25(27,28)29)21(22(18)30)17-4-2-3-5-19(17)26/h2-12H,13H2,1H3. The van der Waals surface area contributed by atoms with Crippen LogP contribution in [0.5, 0.6) is 5.75 Å². The van der Waals surface area contributed by atoms with E-state index in [1.54, 1.807) is 30.3 Å². The van der Waals surface area contributed by atoms with Crippen LogP contribution >= 0.6 is 11.6 Å². The first-order chi connectivity index (χ1) is 16.2. The summed E-state index contributed by atoms with van der Waals surface area (Å²) in [5, 5.41) is -0.0458. The lowest BCUT2D eigenvalue weighted by atomic mass is 10.0. The molecule has 0 spiro atoms. The van der Waals surface area contributed by atoms with Gasteiger partial charge in [0.15, 0.2) is 0 Å². The summed E-state index contributed by atoms with van der Waals surface area (Å²) in [5.41, 5.74) is -0.766.